The second kappa shape index (κ2) is 8.70. The Labute approximate surface area is 207 Å². The van der Waals surface area contributed by atoms with E-state index >= 15 is 0 Å². The molecule has 0 aliphatic carbocycles. The summed E-state index contributed by atoms with van der Waals surface area (Å²) >= 11 is 1.72. The van der Waals surface area contributed by atoms with Crippen LogP contribution in [0.15, 0.2) is 83.5 Å². The van der Waals surface area contributed by atoms with Crippen molar-refractivity contribution in [3.05, 3.63) is 95.3 Å². The van der Waals surface area contributed by atoms with E-state index in [0.717, 1.165) is 33.7 Å². The lowest BCUT2D eigenvalue weighted by molar-refractivity contribution is 0.223. The number of hydrogen-bond acceptors (Lipinski definition) is 7. The summed E-state index contributed by atoms with van der Waals surface area (Å²) in [5.41, 5.74) is 5.12. The fraction of sp³-hybridized carbons (Fsp3) is 0.185. The maximum Gasteiger partial charge on any atom is 0.226 e. The first-order valence-corrected chi connectivity index (χ1v) is 12.5. The first-order valence-electron chi connectivity index (χ1n) is 11.2. The number of rotatable bonds is 5. The minimum absolute atomic E-state index is 0.262. The molecule has 176 valence electrons. The summed E-state index contributed by atoms with van der Waals surface area (Å²) in [7, 11) is 3.28. The molecular weight excluding hydrogens is 460 g/mol. The Morgan fingerprint density at radius 2 is 1.71 bits per heavy atom. The summed E-state index contributed by atoms with van der Waals surface area (Å²) in [6.07, 6.45) is 3.33. The van der Waals surface area contributed by atoms with Crippen LogP contribution in [0, 0.1) is 0 Å². The van der Waals surface area contributed by atoms with Crippen molar-refractivity contribution in [2.45, 2.75) is 17.0 Å². The van der Waals surface area contributed by atoms with Crippen molar-refractivity contribution in [2.24, 2.45) is 0 Å². The van der Waals surface area contributed by atoms with Gasteiger partial charge in [0.2, 0.25) is 5.95 Å². The number of para-hydroxylation sites is 1. The number of nitrogens with zero attached hydrogens (tertiary/aromatic N) is 3. The number of aromatic nitrogens is 3. The van der Waals surface area contributed by atoms with Crippen LogP contribution >= 0.6 is 11.8 Å². The van der Waals surface area contributed by atoms with Crippen LogP contribution in [0.5, 0.6) is 17.2 Å². The molecule has 0 bridgehead atoms. The Morgan fingerprint density at radius 1 is 0.943 bits per heavy atom. The summed E-state index contributed by atoms with van der Waals surface area (Å²) in [5, 5.41) is 8.13. The molecule has 0 saturated carbocycles. The molecule has 3 heterocycles. The van der Waals surface area contributed by atoms with Gasteiger partial charge in [0.05, 0.1) is 19.9 Å². The van der Waals surface area contributed by atoms with E-state index in [1.54, 1.807) is 32.3 Å². The molecule has 6 rings (SSSR count). The molecule has 4 aromatic rings. The maximum atomic E-state index is 6.68. The van der Waals surface area contributed by atoms with Gasteiger partial charge in [-0.05, 0) is 53.8 Å². The zero-order valence-electron chi connectivity index (χ0n) is 19.6. The van der Waals surface area contributed by atoms with Crippen molar-refractivity contribution >= 4 is 23.4 Å². The Hall–Kier alpha value is -3.91. The Bertz CT molecular complexity index is 1430. The highest BCUT2D eigenvalue weighted by atomic mass is 32.2. The Kier molecular flexibility index (Phi) is 5.37. The normalized spacial score (nSPS) is 18.0. The van der Waals surface area contributed by atoms with Crippen molar-refractivity contribution in [1.82, 2.24) is 14.8 Å². The first kappa shape index (κ1) is 21.6. The van der Waals surface area contributed by atoms with Crippen LogP contribution in [0.4, 0.5) is 5.95 Å². The van der Waals surface area contributed by atoms with Crippen LogP contribution in [-0.2, 0) is 0 Å². The molecule has 0 radical (unpaired) electrons. The molecule has 8 heteroatoms. The van der Waals surface area contributed by atoms with E-state index in [4.69, 9.17) is 14.2 Å². The second-order valence-corrected chi connectivity index (χ2v) is 9.15. The van der Waals surface area contributed by atoms with Crippen molar-refractivity contribution in [1.29, 1.82) is 0 Å². The third-order valence-electron chi connectivity index (χ3n) is 6.46. The van der Waals surface area contributed by atoms with Crippen LogP contribution in [-0.4, -0.2) is 35.2 Å². The molecule has 1 N–H and O–H groups in total. The van der Waals surface area contributed by atoms with E-state index in [9.17, 15) is 0 Å². The minimum Gasteiger partial charge on any atom is -0.493 e. The van der Waals surface area contributed by atoms with Gasteiger partial charge in [-0.15, -0.1) is 11.8 Å². The van der Waals surface area contributed by atoms with Gasteiger partial charge in [-0.3, -0.25) is 0 Å². The molecule has 2 aliphatic heterocycles. The van der Waals surface area contributed by atoms with Crippen molar-refractivity contribution < 1.29 is 14.2 Å². The minimum atomic E-state index is -0.321. The number of ether oxygens (including phenoxy) is 3. The smallest absolute Gasteiger partial charge is 0.226 e. The molecule has 2 atom stereocenters. The van der Waals surface area contributed by atoms with Crippen LogP contribution in [0.1, 0.15) is 28.8 Å². The third kappa shape index (κ3) is 3.52. The number of thioether (sulfide) groups is 1. The zero-order valence-corrected chi connectivity index (χ0v) is 20.4. The van der Waals surface area contributed by atoms with Crippen LogP contribution in [0.2, 0.25) is 0 Å². The van der Waals surface area contributed by atoms with E-state index in [0.29, 0.717) is 17.4 Å². The lowest BCUT2D eigenvalue weighted by Crippen LogP contribution is -2.32. The lowest BCUT2D eigenvalue weighted by Gasteiger charge is -2.39. The summed E-state index contributed by atoms with van der Waals surface area (Å²) in [6, 6.07) is 22.3. The molecule has 3 aromatic carbocycles. The Morgan fingerprint density at radius 3 is 2.49 bits per heavy atom. The van der Waals surface area contributed by atoms with Gasteiger partial charge in [-0.1, -0.05) is 30.3 Å². The van der Waals surface area contributed by atoms with Gasteiger partial charge in [0, 0.05) is 16.0 Å². The van der Waals surface area contributed by atoms with E-state index in [1.165, 1.54) is 4.90 Å². The molecule has 2 aliphatic rings. The highest BCUT2D eigenvalue weighted by Gasteiger charge is 2.41. The third-order valence-corrected chi connectivity index (χ3v) is 7.21. The fourth-order valence-electron chi connectivity index (χ4n) is 4.81. The average molecular weight is 485 g/mol. The largest absolute Gasteiger partial charge is 0.493 e. The Balaban J connectivity index is 1.59. The molecule has 1 aromatic heterocycles. The predicted octanol–water partition coefficient (Wildman–Crippen LogP) is 5.58. The van der Waals surface area contributed by atoms with E-state index < -0.39 is 0 Å². The van der Waals surface area contributed by atoms with Gasteiger partial charge >= 0.3 is 0 Å². The number of nitrogens with one attached hydrogen (secondary N) is 1. The number of anilines is 1. The molecule has 35 heavy (non-hydrogen) atoms. The van der Waals surface area contributed by atoms with Gasteiger partial charge < -0.3 is 19.5 Å². The SMILES string of the molecule is COc1ccc(C2C3=C(Nc4ncnn42)c2ccccc2OC3c2ccc(SC)cc2)cc1OC. The summed E-state index contributed by atoms with van der Waals surface area (Å²) in [6.45, 7) is 0. The highest BCUT2D eigenvalue weighted by molar-refractivity contribution is 7.98. The quantitative estimate of drug-likeness (QED) is 0.371. The maximum absolute atomic E-state index is 6.68. The number of methoxy groups -OCH3 is 2. The predicted molar refractivity (Wildman–Crippen MR) is 136 cm³/mol. The zero-order chi connectivity index (χ0) is 23.9. The van der Waals surface area contributed by atoms with Crippen molar-refractivity contribution in [2.75, 3.05) is 25.8 Å². The average Bonchev–Trinajstić information content (AvgIpc) is 3.39. The highest BCUT2D eigenvalue weighted by Crippen LogP contribution is 2.51. The molecule has 0 spiro atoms. The van der Waals surface area contributed by atoms with Crippen molar-refractivity contribution in [3.8, 4) is 17.2 Å². The second-order valence-electron chi connectivity index (χ2n) is 8.27. The summed E-state index contributed by atoms with van der Waals surface area (Å²) < 4.78 is 19.7. The van der Waals surface area contributed by atoms with E-state index in [2.05, 4.69) is 52.0 Å². The summed E-state index contributed by atoms with van der Waals surface area (Å²) in [5.74, 6) is 2.84. The van der Waals surface area contributed by atoms with Gasteiger partial charge in [-0.2, -0.15) is 10.1 Å². The van der Waals surface area contributed by atoms with Gasteiger partial charge in [0.25, 0.3) is 0 Å². The molecule has 0 amide bonds. The van der Waals surface area contributed by atoms with E-state index in [1.807, 2.05) is 41.1 Å². The van der Waals surface area contributed by atoms with Crippen molar-refractivity contribution in [3.63, 3.8) is 0 Å². The number of benzene rings is 3. The topological polar surface area (TPSA) is 70.4 Å². The van der Waals surface area contributed by atoms with Crippen LogP contribution in [0.25, 0.3) is 5.70 Å². The van der Waals surface area contributed by atoms with Crippen LogP contribution < -0.4 is 19.5 Å². The summed E-state index contributed by atoms with van der Waals surface area (Å²) in [4.78, 5) is 5.70. The van der Waals surface area contributed by atoms with Gasteiger partial charge in [0.15, 0.2) is 11.5 Å². The van der Waals surface area contributed by atoms with Gasteiger partial charge in [0.1, 0.15) is 24.2 Å². The number of fused-ring (bicyclic) bond motifs is 3. The standard InChI is InChI=1S/C27H24N4O3S/c1-32-21-13-10-17(14-22(21)33-2)25-23-24(30-27-28-15-29-31(25)27)19-6-4-5-7-20(19)34-26(23)16-8-11-18(35-3)12-9-16/h4-15,25-26H,1-3H3,(H,28,29,30). The molecule has 0 fully saturated rings. The fourth-order valence-corrected chi connectivity index (χ4v) is 5.22. The lowest BCUT2D eigenvalue weighted by atomic mass is 9.84. The number of hydrogen-bond donors (Lipinski definition) is 1. The monoisotopic (exact) mass is 484 g/mol. The molecule has 0 saturated heterocycles. The molecular formula is C27H24N4O3S. The van der Waals surface area contributed by atoms with E-state index in [-0.39, 0.29) is 12.1 Å². The van der Waals surface area contributed by atoms with Crippen LogP contribution in [0.3, 0.4) is 0 Å². The molecule has 2 unspecified atom stereocenters. The van der Waals surface area contributed by atoms with Gasteiger partial charge in [-0.25, -0.2) is 4.68 Å². The first-order chi connectivity index (χ1) is 17.2. The molecule has 7 nitrogen and oxygen atoms in total.